The lowest BCUT2D eigenvalue weighted by molar-refractivity contribution is -0.124. The van der Waals surface area contributed by atoms with Crippen molar-refractivity contribution in [3.05, 3.63) is 53.2 Å². The van der Waals surface area contributed by atoms with Gasteiger partial charge in [-0.1, -0.05) is 43.2 Å². The second-order valence-electron chi connectivity index (χ2n) is 9.76. The summed E-state index contributed by atoms with van der Waals surface area (Å²) in [5, 5.41) is 0. The van der Waals surface area contributed by atoms with Crippen LogP contribution in [0.4, 0.5) is 11.5 Å². The number of hydrogen-bond acceptors (Lipinski definition) is 5. The molecule has 1 amide bonds. The Labute approximate surface area is 191 Å². The molecule has 5 rings (SSSR count). The van der Waals surface area contributed by atoms with E-state index in [4.69, 9.17) is 4.98 Å². The maximum absolute atomic E-state index is 13.9. The number of carbonyl (C=O) groups excluding carboxylic acids is 1. The van der Waals surface area contributed by atoms with Crippen molar-refractivity contribution in [2.45, 2.75) is 51.2 Å². The van der Waals surface area contributed by atoms with E-state index >= 15 is 0 Å². The molecule has 32 heavy (non-hydrogen) atoms. The number of anilines is 2. The molecule has 1 unspecified atom stereocenters. The fraction of sp³-hybridized carbons (Fsp3) is 0.538. The van der Waals surface area contributed by atoms with Crippen molar-refractivity contribution in [3.8, 4) is 0 Å². The zero-order valence-corrected chi connectivity index (χ0v) is 19.6. The van der Waals surface area contributed by atoms with Gasteiger partial charge in [-0.3, -0.25) is 14.6 Å². The first-order valence-electron chi connectivity index (χ1n) is 12.0. The molecule has 1 aromatic heterocycles. The summed E-state index contributed by atoms with van der Waals surface area (Å²) in [5.74, 6) is 1.21. The number of aromatic nitrogens is 1. The topological polar surface area (TPSA) is 42.9 Å². The van der Waals surface area contributed by atoms with Crippen molar-refractivity contribution in [3.63, 3.8) is 0 Å². The number of fused-ring (bicyclic) bond motifs is 1. The summed E-state index contributed by atoms with van der Waals surface area (Å²) in [6.45, 7) is 6.79. The minimum atomic E-state index is -0.213. The van der Waals surface area contributed by atoms with Gasteiger partial charge in [-0.2, -0.15) is 0 Å². The quantitative estimate of drug-likeness (QED) is 0.721. The van der Waals surface area contributed by atoms with Crippen LogP contribution in [0.5, 0.6) is 0 Å². The van der Waals surface area contributed by atoms with Crippen LogP contribution in [0.25, 0.3) is 0 Å². The molecule has 0 spiro atoms. The SMILES string of the molecule is Cc1cc2c(c(N(C)C)n1)C(N1CCN(Cc3ccccc3)CC1)C(=O)N2C1CCCC1. The highest BCUT2D eigenvalue weighted by molar-refractivity contribution is 6.06. The van der Waals surface area contributed by atoms with Gasteiger partial charge in [0, 0.05) is 64.1 Å². The van der Waals surface area contributed by atoms with Gasteiger partial charge in [0.2, 0.25) is 5.91 Å². The number of pyridine rings is 1. The molecule has 6 heteroatoms. The summed E-state index contributed by atoms with van der Waals surface area (Å²) in [6, 6.07) is 12.9. The third kappa shape index (κ3) is 3.90. The summed E-state index contributed by atoms with van der Waals surface area (Å²) in [6.07, 6.45) is 4.66. The third-order valence-corrected chi connectivity index (χ3v) is 7.28. The van der Waals surface area contributed by atoms with E-state index < -0.39 is 0 Å². The largest absolute Gasteiger partial charge is 0.362 e. The van der Waals surface area contributed by atoms with Crippen LogP contribution in [-0.4, -0.2) is 67.0 Å². The van der Waals surface area contributed by atoms with Crippen molar-refractivity contribution in [2.75, 3.05) is 50.1 Å². The number of amides is 1. The fourth-order valence-electron chi connectivity index (χ4n) is 5.73. The smallest absolute Gasteiger partial charge is 0.249 e. The fourth-order valence-corrected chi connectivity index (χ4v) is 5.73. The number of benzene rings is 1. The summed E-state index contributed by atoms with van der Waals surface area (Å²) < 4.78 is 0. The monoisotopic (exact) mass is 433 g/mol. The van der Waals surface area contributed by atoms with Crippen LogP contribution in [0.1, 0.15) is 48.5 Å². The molecular weight excluding hydrogens is 398 g/mol. The number of carbonyl (C=O) groups is 1. The highest BCUT2D eigenvalue weighted by Crippen LogP contribution is 2.47. The van der Waals surface area contributed by atoms with Crippen molar-refractivity contribution in [1.29, 1.82) is 0 Å². The first-order chi connectivity index (χ1) is 15.5. The number of piperazine rings is 1. The molecule has 1 saturated heterocycles. The van der Waals surface area contributed by atoms with E-state index in [0.29, 0.717) is 6.04 Å². The lowest BCUT2D eigenvalue weighted by Gasteiger charge is -2.38. The molecule has 170 valence electrons. The number of hydrogen-bond donors (Lipinski definition) is 0. The van der Waals surface area contributed by atoms with E-state index in [0.717, 1.165) is 68.3 Å². The minimum Gasteiger partial charge on any atom is -0.362 e. The van der Waals surface area contributed by atoms with Crippen LogP contribution >= 0.6 is 0 Å². The van der Waals surface area contributed by atoms with E-state index in [1.165, 1.54) is 18.4 Å². The number of rotatable bonds is 5. The molecule has 0 bridgehead atoms. The predicted octanol–water partition coefficient (Wildman–Crippen LogP) is 3.60. The van der Waals surface area contributed by atoms with Gasteiger partial charge in [-0.05, 0) is 31.4 Å². The van der Waals surface area contributed by atoms with E-state index in [9.17, 15) is 4.79 Å². The van der Waals surface area contributed by atoms with Crippen molar-refractivity contribution in [1.82, 2.24) is 14.8 Å². The Hall–Kier alpha value is -2.44. The van der Waals surface area contributed by atoms with Crippen molar-refractivity contribution < 1.29 is 4.79 Å². The van der Waals surface area contributed by atoms with E-state index in [2.05, 4.69) is 56.0 Å². The van der Waals surface area contributed by atoms with Gasteiger partial charge in [0.05, 0.1) is 5.69 Å². The van der Waals surface area contributed by atoms with Gasteiger partial charge in [-0.25, -0.2) is 4.98 Å². The summed E-state index contributed by atoms with van der Waals surface area (Å²) in [4.78, 5) is 27.9. The standard InChI is InChI=1S/C26H35N5O/c1-19-17-22-23(25(27-19)28(2)3)24(26(32)31(22)21-11-7-8-12-21)30-15-13-29(14-16-30)18-20-9-5-4-6-10-20/h4-6,9-10,17,21,24H,7-8,11-16,18H2,1-3H3. The first-order valence-corrected chi connectivity index (χ1v) is 12.0. The molecule has 2 aliphatic heterocycles. The third-order valence-electron chi connectivity index (χ3n) is 7.28. The highest BCUT2D eigenvalue weighted by atomic mass is 16.2. The van der Waals surface area contributed by atoms with Crippen LogP contribution in [0, 0.1) is 6.92 Å². The maximum Gasteiger partial charge on any atom is 0.249 e. The van der Waals surface area contributed by atoms with E-state index in [1.807, 2.05) is 21.0 Å². The second kappa shape index (κ2) is 8.83. The molecular formula is C26H35N5O. The molecule has 6 nitrogen and oxygen atoms in total. The zero-order valence-electron chi connectivity index (χ0n) is 19.6. The van der Waals surface area contributed by atoms with E-state index in [1.54, 1.807) is 0 Å². The van der Waals surface area contributed by atoms with Gasteiger partial charge in [0.1, 0.15) is 11.9 Å². The lowest BCUT2D eigenvalue weighted by atomic mass is 10.0. The average molecular weight is 434 g/mol. The highest BCUT2D eigenvalue weighted by Gasteiger charge is 2.47. The van der Waals surface area contributed by atoms with Crippen LogP contribution in [0.2, 0.25) is 0 Å². The lowest BCUT2D eigenvalue weighted by Crippen LogP contribution is -2.50. The molecule has 0 radical (unpaired) electrons. The Bertz CT molecular complexity index is 962. The molecule has 3 aliphatic rings. The first kappa shape index (κ1) is 21.4. The van der Waals surface area contributed by atoms with Crippen LogP contribution < -0.4 is 9.80 Å². The maximum atomic E-state index is 13.9. The molecule has 1 saturated carbocycles. The van der Waals surface area contributed by atoms with Gasteiger partial charge >= 0.3 is 0 Å². The van der Waals surface area contributed by atoms with Crippen LogP contribution in [0.3, 0.4) is 0 Å². The Morgan fingerprint density at radius 3 is 2.38 bits per heavy atom. The summed E-state index contributed by atoms with van der Waals surface area (Å²) in [5.41, 5.74) is 4.56. The molecule has 2 fully saturated rings. The minimum absolute atomic E-state index is 0.213. The molecule has 2 aromatic rings. The number of aryl methyl sites for hydroxylation is 1. The molecule has 1 aromatic carbocycles. The Morgan fingerprint density at radius 1 is 1.03 bits per heavy atom. The molecule has 3 heterocycles. The van der Waals surface area contributed by atoms with Crippen molar-refractivity contribution in [2.24, 2.45) is 0 Å². The normalized spacial score (nSPS) is 22.5. The van der Waals surface area contributed by atoms with Gasteiger partial charge in [0.15, 0.2) is 0 Å². The Balaban J connectivity index is 1.41. The van der Waals surface area contributed by atoms with Crippen molar-refractivity contribution >= 4 is 17.4 Å². The van der Waals surface area contributed by atoms with Crippen LogP contribution in [-0.2, 0) is 11.3 Å². The van der Waals surface area contributed by atoms with Gasteiger partial charge < -0.3 is 9.80 Å². The second-order valence-corrected chi connectivity index (χ2v) is 9.76. The average Bonchev–Trinajstić information content (AvgIpc) is 3.40. The Kier molecular flexibility index (Phi) is 5.91. The van der Waals surface area contributed by atoms with Crippen LogP contribution in [0.15, 0.2) is 36.4 Å². The summed E-state index contributed by atoms with van der Waals surface area (Å²) >= 11 is 0. The predicted molar refractivity (Wildman–Crippen MR) is 129 cm³/mol. The molecule has 1 atom stereocenters. The van der Waals surface area contributed by atoms with Gasteiger partial charge in [0.25, 0.3) is 0 Å². The summed E-state index contributed by atoms with van der Waals surface area (Å²) in [7, 11) is 4.08. The Morgan fingerprint density at radius 2 is 1.72 bits per heavy atom. The molecule has 1 aliphatic carbocycles. The number of nitrogens with zero attached hydrogens (tertiary/aromatic N) is 5. The van der Waals surface area contributed by atoms with E-state index in [-0.39, 0.29) is 11.9 Å². The van der Waals surface area contributed by atoms with Gasteiger partial charge in [-0.15, -0.1) is 0 Å². The zero-order chi connectivity index (χ0) is 22.2. The molecule has 0 N–H and O–H groups in total.